The lowest BCUT2D eigenvalue weighted by Crippen LogP contribution is -2.42. The Hall–Kier alpha value is -1.53. The van der Waals surface area contributed by atoms with Crippen molar-refractivity contribution >= 4 is 29.3 Å². The molecule has 1 aromatic heterocycles. The molecule has 1 saturated carbocycles. The molecule has 0 saturated heterocycles. The van der Waals surface area contributed by atoms with Gasteiger partial charge < -0.3 is 4.90 Å². The molecule has 3 rings (SSSR count). The van der Waals surface area contributed by atoms with Gasteiger partial charge in [0, 0.05) is 18.1 Å². The van der Waals surface area contributed by atoms with Gasteiger partial charge in [-0.2, -0.15) is 0 Å². The van der Waals surface area contributed by atoms with Gasteiger partial charge in [-0.3, -0.25) is 9.36 Å². The Kier molecular flexibility index (Phi) is 6.02. The van der Waals surface area contributed by atoms with Crippen LogP contribution in [0.2, 0.25) is 5.02 Å². The van der Waals surface area contributed by atoms with Crippen molar-refractivity contribution in [3.8, 4) is 5.69 Å². The second-order valence-electron chi connectivity index (χ2n) is 6.46. The highest BCUT2D eigenvalue weighted by Crippen LogP contribution is 2.28. The first-order valence-electron chi connectivity index (χ1n) is 8.65. The number of amides is 1. The van der Waals surface area contributed by atoms with Gasteiger partial charge in [0.15, 0.2) is 5.16 Å². The zero-order valence-electron chi connectivity index (χ0n) is 14.6. The van der Waals surface area contributed by atoms with Crippen molar-refractivity contribution in [3.05, 3.63) is 35.6 Å². The highest BCUT2D eigenvalue weighted by atomic mass is 35.5. The van der Waals surface area contributed by atoms with Crippen LogP contribution in [0.15, 0.2) is 35.7 Å². The average Bonchev–Trinajstić information content (AvgIpc) is 3.09. The highest BCUT2D eigenvalue weighted by Gasteiger charge is 2.27. The van der Waals surface area contributed by atoms with Crippen LogP contribution < -0.4 is 0 Å². The number of hydrogen-bond acceptors (Lipinski definition) is 4. The maximum Gasteiger partial charge on any atom is 0.235 e. The molecule has 7 heteroatoms. The Bertz CT molecular complexity index is 729. The van der Waals surface area contributed by atoms with Crippen molar-refractivity contribution in [2.75, 3.05) is 7.05 Å². The number of benzene rings is 1. The smallest absolute Gasteiger partial charge is 0.235 e. The molecule has 0 bridgehead atoms. The number of hydrogen-bond donors (Lipinski definition) is 0. The van der Waals surface area contributed by atoms with Crippen LogP contribution in [0.5, 0.6) is 0 Å². The Labute approximate surface area is 157 Å². The number of thioether (sulfide) groups is 1. The van der Waals surface area contributed by atoms with Crippen molar-refractivity contribution in [3.63, 3.8) is 0 Å². The van der Waals surface area contributed by atoms with Crippen LogP contribution in [-0.4, -0.2) is 43.9 Å². The molecular weight excluding hydrogens is 356 g/mol. The number of rotatable bonds is 5. The summed E-state index contributed by atoms with van der Waals surface area (Å²) >= 11 is 7.51. The van der Waals surface area contributed by atoms with Gasteiger partial charge in [0.25, 0.3) is 0 Å². The third kappa shape index (κ3) is 4.36. The maximum atomic E-state index is 12.8. The van der Waals surface area contributed by atoms with E-state index in [9.17, 15) is 4.79 Å². The molecule has 5 nitrogen and oxygen atoms in total. The van der Waals surface area contributed by atoms with Gasteiger partial charge in [0.2, 0.25) is 5.91 Å². The first kappa shape index (κ1) is 18.3. The molecule has 0 aliphatic heterocycles. The van der Waals surface area contributed by atoms with E-state index in [2.05, 4.69) is 10.2 Å². The topological polar surface area (TPSA) is 51.0 Å². The molecule has 1 aromatic carbocycles. The fraction of sp³-hybridized carbons (Fsp3) is 0.500. The highest BCUT2D eigenvalue weighted by molar-refractivity contribution is 8.00. The number of nitrogens with zero attached hydrogens (tertiary/aromatic N) is 4. The molecule has 25 heavy (non-hydrogen) atoms. The standard InChI is InChI=1S/C18H23ClN4OS/c1-13(17(24)22(2)15-8-4-3-5-9-15)25-18-21-20-12-23(18)16-10-6-7-14(19)11-16/h6-7,10-13,15H,3-5,8-9H2,1-2H3/t13-/m0/s1. The van der Waals surface area contributed by atoms with Crippen molar-refractivity contribution in [2.45, 2.75) is 55.5 Å². The van der Waals surface area contributed by atoms with Crippen LogP contribution in [0.4, 0.5) is 0 Å². The first-order valence-corrected chi connectivity index (χ1v) is 9.91. The van der Waals surface area contributed by atoms with Gasteiger partial charge in [0.05, 0.1) is 10.9 Å². The average molecular weight is 379 g/mol. The van der Waals surface area contributed by atoms with Crippen LogP contribution >= 0.6 is 23.4 Å². The fourth-order valence-electron chi connectivity index (χ4n) is 3.25. The predicted octanol–water partition coefficient (Wildman–Crippen LogP) is 4.19. The summed E-state index contributed by atoms with van der Waals surface area (Å²) in [5, 5.41) is 9.31. The van der Waals surface area contributed by atoms with Gasteiger partial charge in [-0.1, -0.05) is 48.7 Å². The van der Waals surface area contributed by atoms with E-state index in [4.69, 9.17) is 11.6 Å². The summed E-state index contributed by atoms with van der Waals surface area (Å²) in [5.74, 6) is 0.151. The summed E-state index contributed by atoms with van der Waals surface area (Å²) in [6.45, 7) is 1.93. The van der Waals surface area contributed by atoms with Crippen molar-refractivity contribution in [1.29, 1.82) is 0 Å². The Morgan fingerprint density at radius 2 is 2.12 bits per heavy atom. The van der Waals surface area contributed by atoms with Crippen molar-refractivity contribution < 1.29 is 4.79 Å². The molecule has 1 fully saturated rings. The van der Waals surface area contributed by atoms with Crippen LogP contribution in [0.25, 0.3) is 5.69 Å². The van der Waals surface area contributed by atoms with Gasteiger partial charge >= 0.3 is 0 Å². The lowest BCUT2D eigenvalue weighted by Gasteiger charge is -2.32. The molecule has 1 aliphatic carbocycles. The largest absolute Gasteiger partial charge is 0.342 e. The number of halogens is 1. The third-order valence-corrected chi connectivity index (χ3v) is 5.98. The zero-order chi connectivity index (χ0) is 17.8. The number of aromatic nitrogens is 3. The second kappa shape index (κ2) is 8.23. The quantitative estimate of drug-likeness (QED) is 0.732. The summed E-state index contributed by atoms with van der Waals surface area (Å²) in [7, 11) is 1.93. The first-order chi connectivity index (χ1) is 12.1. The van der Waals surface area contributed by atoms with Gasteiger partial charge in [-0.05, 0) is 38.0 Å². The molecule has 1 aliphatic rings. The normalized spacial score (nSPS) is 16.6. The molecule has 1 heterocycles. The molecule has 0 spiro atoms. The monoisotopic (exact) mass is 378 g/mol. The van der Waals surface area contributed by atoms with E-state index < -0.39 is 0 Å². The number of carbonyl (C=O) groups excluding carboxylic acids is 1. The maximum absolute atomic E-state index is 12.8. The molecule has 134 valence electrons. The van der Waals surface area contributed by atoms with E-state index in [-0.39, 0.29) is 11.2 Å². The Morgan fingerprint density at radius 3 is 2.84 bits per heavy atom. The van der Waals surface area contributed by atoms with E-state index in [0.717, 1.165) is 18.5 Å². The fourth-order valence-corrected chi connectivity index (χ4v) is 4.38. The summed E-state index contributed by atoms with van der Waals surface area (Å²) in [6, 6.07) is 7.88. The Balaban J connectivity index is 1.70. The lowest BCUT2D eigenvalue weighted by atomic mass is 9.94. The van der Waals surface area contributed by atoms with Crippen LogP contribution in [0.3, 0.4) is 0 Å². The van der Waals surface area contributed by atoms with Crippen LogP contribution in [-0.2, 0) is 4.79 Å². The molecule has 2 aromatic rings. The van der Waals surface area contributed by atoms with Gasteiger partial charge in [-0.15, -0.1) is 10.2 Å². The van der Waals surface area contributed by atoms with Crippen LogP contribution in [0.1, 0.15) is 39.0 Å². The Morgan fingerprint density at radius 1 is 1.36 bits per heavy atom. The molecule has 1 atom stereocenters. The van der Waals surface area contributed by atoms with E-state index >= 15 is 0 Å². The minimum absolute atomic E-state index is 0.151. The minimum atomic E-state index is -0.214. The van der Waals surface area contributed by atoms with Crippen LogP contribution in [0, 0.1) is 0 Å². The third-order valence-electron chi connectivity index (χ3n) is 4.70. The van der Waals surface area contributed by atoms with E-state index in [1.165, 1.54) is 31.0 Å². The summed E-state index contributed by atoms with van der Waals surface area (Å²) in [4.78, 5) is 14.7. The summed E-state index contributed by atoms with van der Waals surface area (Å²) < 4.78 is 1.86. The van der Waals surface area contributed by atoms with Gasteiger partial charge in [-0.25, -0.2) is 0 Å². The van der Waals surface area contributed by atoms with Gasteiger partial charge in [0.1, 0.15) is 6.33 Å². The summed E-state index contributed by atoms with van der Waals surface area (Å²) in [6.07, 6.45) is 7.58. The van der Waals surface area contributed by atoms with E-state index in [1.54, 1.807) is 6.33 Å². The minimum Gasteiger partial charge on any atom is -0.342 e. The van der Waals surface area contributed by atoms with Crippen molar-refractivity contribution in [2.24, 2.45) is 0 Å². The second-order valence-corrected chi connectivity index (χ2v) is 8.21. The van der Waals surface area contributed by atoms with Crippen molar-refractivity contribution in [1.82, 2.24) is 19.7 Å². The molecule has 0 unspecified atom stereocenters. The summed E-state index contributed by atoms with van der Waals surface area (Å²) in [5.41, 5.74) is 0.889. The lowest BCUT2D eigenvalue weighted by molar-refractivity contribution is -0.131. The van der Waals surface area contributed by atoms with E-state index in [1.807, 2.05) is 47.7 Å². The zero-order valence-corrected chi connectivity index (χ0v) is 16.1. The predicted molar refractivity (Wildman–Crippen MR) is 101 cm³/mol. The SMILES string of the molecule is C[C@H](Sc1nncn1-c1cccc(Cl)c1)C(=O)N(C)C1CCCCC1. The molecule has 0 N–H and O–H groups in total. The molecular formula is C18H23ClN4OS. The molecule has 0 radical (unpaired) electrons. The van der Waals surface area contributed by atoms with E-state index in [0.29, 0.717) is 16.2 Å². The molecule has 1 amide bonds. The number of carbonyl (C=O) groups is 1.